The number of amides is 1. The van der Waals surface area contributed by atoms with Gasteiger partial charge in [0.25, 0.3) is 5.91 Å². The second-order valence-electron chi connectivity index (χ2n) is 4.34. The number of aryl methyl sites for hydroxylation is 1. The van der Waals surface area contributed by atoms with Crippen molar-refractivity contribution in [1.82, 2.24) is 30.5 Å². The lowest BCUT2D eigenvalue weighted by molar-refractivity contribution is 0.0947. The summed E-state index contributed by atoms with van der Waals surface area (Å²) in [6.07, 6.45) is 2.37. The molecule has 2 aromatic heterocycles. The molecule has 2 heterocycles. The molecule has 0 atom stereocenters. The van der Waals surface area contributed by atoms with Crippen molar-refractivity contribution in [3.63, 3.8) is 0 Å². The Hall–Kier alpha value is -2.18. The quantitative estimate of drug-likeness (QED) is 0.826. The molecule has 2 rings (SSSR count). The summed E-state index contributed by atoms with van der Waals surface area (Å²) in [5.41, 5.74) is 3.80. The van der Waals surface area contributed by atoms with Crippen molar-refractivity contribution in [3.8, 4) is 0 Å². The molecular formula is C12H18N6O. The molecule has 0 spiro atoms. The summed E-state index contributed by atoms with van der Waals surface area (Å²) >= 11 is 0. The Labute approximate surface area is 111 Å². The standard InChI is InChI=1S/C12H18N6O/c1-4-10-8(2)16-18(9(10)3)6-5-13-12(19)11-7-14-17-15-11/h7H,4-6H2,1-3H3,(H,13,19)(H,14,15,17). The molecule has 0 aliphatic carbocycles. The zero-order chi connectivity index (χ0) is 13.8. The smallest absolute Gasteiger partial charge is 0.273 e. The Morgan fingerprint density at radius 2 is 2.26 bits per heavy atom. The van der Waals surface area contributed by atoms with Crippen LogP contribution in [0.3, 0.4) is 0 Å². The van der Waals surface area contributed by atoms with Crippen LogP contribution < -0.4 is 5.32 Å². The van der Waals surface area contributed by atoms with Crippen LogP contribution in [0.1, 0.15) is 34.4 Å². The molecule has 7 nitrogen and oxygen atoms in total. The highest BCUT2D eigenvalue weighted by atomic mass is 16.1. The first-order valence-corrected chi connectivity index (χ1v) is 6.30. The van der Waals surface area contributed by atoms with Crippen molar-refractivity contribution in [2.75, 3.05) is 6.54 Å². The highest BCUT2D eigenvalue weighted by Gasteiger charge is 2.11. The number of nitrogens with one attached hydrogen (secondary N) is 2. The molecule has 2 N–H and O–H groups in total. The van der Waals surface area contributed by atoms with Crippen LogP contribution in [0.25, 0.3) is 0 Å². The lowest BCUT2D eigenvalue weighted by atomic mass is 10.1. The summed E-state index contributed by atoms with van der Waals surface area (Å²) in [7, 11) is 0. The maximum Gasteiger partial charge on any atom is 0.273 e. The van der Waals surface area contributed by atoms with E-state index in [2.05, 4.69) is 39.7 Å². The lowest BCUT2D eigenvalue weighted by Crippen LogP contribution is -2.28. The Morgan fingerprint density at radius 3 is 2.84 bits per heavy atom. The van der Waals surface area contributed by atoms with Crippen LogP contribution in [0.5, 0.6) is 0 Å². The van der Waals surface area contributed by atoms with Crippen molar-refractivity contribution in [2.45, 2.75) is 33.7 Å². The van der Waals surface area contributed by atoms with Crippen LogP contribution >= 0.6 is 0 Å². The first kappa shape index (κ1) is 13.3. The molecule has 0 radical (unpaired) electrons. The zero-order valence-electron chi connectivity index (χ0n) is 11.4. The Bertz CT molecular complexity index is 557. The van der Waals surface area contributed by atoms with Crippen molar-refractivity contribution < 1.29 is 4.79 Å². The number of aromatic nitrogens is 5. The molecule has 0 aromatic carbocycles. The Kier molecular flexibility index (Phi) is 3.94. The zero-order valence-corrected chi connectivity index (χ0v) is 11.4. The second-order valence-corrected chi connectivity index (χ2v) is 4.34. The summed E-state index contributed by atoms with van der Waals surface area (Å²) in [4.78, 5) is 11.6. The molecule has 19 heavy (non-hydrogen) atoms. The monoisotopic (exact) mass is 262 g/mol. The van der Waals surface area contributed by atoms with Gasteiger partial charge in [0.05, 0.1) is 18.4 Å². The number of hydrogen-bond donors (Lipinski definition) is 2. The van der Waals surface area contributed by atoms with Crippen LogP contribution in [0.2, 0.25) is 0 Å². The molecule has 0 saturated carbocycles. The average Bonchev–Trinajstić information content (AvgIpc) is 2.99. The van der Waals surface area contributed by atoms with Gasteiger partial charge in [0.1, 0.15) is 0 Å². The van der Waals surface area contributed by atoms with E-state index in [1.165, 1.54) is 11.8 Å². The molecule has 2 aromatic rings. The van der Waals surface area contributed by atoms with E-state index in [9.17, 15) is 4.79 Å². The van der Waals surface area contributed by atoms with Gasteiger partial charge in [0.15, 0.2) is 5.69 Å². The number of aromatic amines is 1. The third-order valence-corrected chi connectivity index (χ3v) is 3.14. The molecule has 0 aliphatic heterocycles. The Morgan fingerprint density at radius 1 is 1.47 bits per heavy atom. The summed E-state index contributed by atoms with van der Waals surface area (Å²) in [6.45, 7) is 7.34. The third-order valence-electron chi connectivity index (χ3n) is 3.14. The summed E-state index contributed by atoms with van der Waals surface area (Å²) in [5.74, 6) is -0.231. The van der Waals surface area contributed by atoms with Gasteiger partial charge in [-0.15, -0.1) is 0 Å². The van der Waals surface area contributed by atoms with Crippen LogP contribution in [0.15, 0.2) is 6.20 Å². The van der Waals surface area contributed by atoms with Gasteiger partial charge in [-0.05, 0) is 25.8 Å². The van der Waals surface area contributed by atoms with Crippen LogP contribution in [0, 0.1) is 13.8 Å². The number of nitrogens with zero attached hydrogens (tertiary/aromatic N) is 4. The largest absolute Gasteiger partial charge is 0.349 e. The number of hydrogen-bond acceptors (Lipinski definition) is 4. The van der Waals surface area contributed by atoms with E-state index in [0.717, 1.165) is 17.8 Å². The highest BCUT2D eigenvalue weighted by molar-refractivity contribution is 5.91. The number of H-pyrrole nitrogens is 1. The highest BCUT2D eigenvalue weighted by Crippen LogP contribution is 2.12. The fourth-order valence-electron chi connectivity index (χ4n) is 2.14. The van der Waals surface area contributed by atoms with Crippen LogP contribution in [-0.2, 0) is 13.0 Å². The minimum absolute atomic E-state index is 0.231. The lowest BCUT2D eigenvalue weighted by Gasteiger charge is -2.06. The van der Waals surface area contributed by atoms with E-state index in [4.69, 9.17) is 0 Å². The first-order valence-electron chi connectivity index (χ1n) is 6.30. The van der Waals surface area contributed by atoms with E-state index in [1.54, 1.807) is 0 Å². The average molecular weight is 262 g/mol. The molecule has 102 valence electrons. The normalized spacial score (nSPS) is 10.7. The predicted molar refractivity (Wildman–Crippen MR) is 69.8 cm³/mol. The van der Waals surface area contributed by atoms with E-state index in [1.807, 2.05) is 11.6 Å². The van der Waals surface area contributed by atoms with Gasteiger partial charge in [-0.2, -0.15) is 20.5 Å². The Balaban J connectivity index is 1.91. The van der Waals surface area contributed by atoms with Gasteiger partial charge in [0, 0.05) is 12.2 Å². The van der Waals surface area contributed by atoms with E-state index in [0.29, 0.717) is 18.8 Å². The molecule has 0 aliphatic rings. The van der Waals surface area contributed by atoms with Gasteiger partial charge in [0.2, 0.25) is 0 Å². The molecule has 0 saturated heterocycles. The molecule has 1 amide bonds. The number of rotatable bonds is 5. The molecule has 0 unspecified atom stereocenters. The first-order chi connectivity index (χ1) is 9.13. The predicted octanol–water partition coefficient (Wildman–Crippen LogP) is 0.610. The summed E-state index contributed by atoms with van der Waals surface area (Å²) in [6, 6.07) is 0. The van der Waals surface area contributed by atoms with Gasteiger partial charge in [-0.3, -0.25) is 9.48 Å². The molecular weight excluding hydrogens is 244 g/mol. The number of carbonyl (C=O) groups excluding carboxylic acids is 1. The van der Waals surface area contributed by atoms with E-state index >= 15 is 0 Å². The van der Waals surface area contributed by atoms with Crippen molar-refractivity contribution in [3.05, 3.63) is 28.8 Å². The van der Waals surface area contributed by atoms with Gasteiger partial charge >= 0.3 is 0 Å². The SMILES string of the molecule is CCc1c(C)nn(CCNC(=O)c2cn[nH]n2)c1C. The maximum atomic E-state index is 11.6. The van der Waals surface area contributed by atoms with E-state index in [-0.39, 0.29) is 5.91 Å². The van der Waals surface area contributed by atoms with Crippen LogP contribution in [0.4, 0.5) is 0 Å². The maximum absolute atomic E-state index is 11.6. The van der Waals surface area contributed by atoms with Crippen LogP contribution in [-0.4, -0.2) is 37.6 Å². The molecule has 0 fully saturated rings. The fraction of sp³-hybridized carbons (Fsp3) is 0.500. The summed E-state index contributed by atoms with van der Waals surface area (Å²) < 4.78 is 1.93. The molecule has 7 heteroatoms. The minimum Gasteiger partial charge on any atom is -0.349 e. The van der Waals surface area contributed by atoms with Crippen molar-refractivity contribution in [2.24, 2.45) is 0 Å². The van der Waals surface area contributed by atoms with Gasteiger partial charge in [-0.25, -0.2) is 0 Å². The van der Waals surface area contributed by atoms with Gasteiger partial charge < -0.3 is 5.32 Å². The minimum atomic E-state index is -0.231. The topological polar surface area (TPSA) is 88.5 Å². The summed E-state index contributed by atoms with van der Waals surface area (Å²) in [5, 5.41) is 17.0. The van der Waals surface area contributed by atoms with E-state index < -0.39 is 0 Å². The molecule has 0 bridgehead atoms. The fourth-order valence-corrected chi connectivity index (χ4v) is 2.14. The van der Waals surface area contributed by atoms with Crippen molar-refractivity contribution >= 4 is 5.91 Å². The van der Waals surface area contributed by atoms with Crippen molar-refractivity contribution in [1.29, 1.82) is 0 Å². The van der Waals surface area contributed by atoms with Gasteiger partial charge in [-0.1, -0.05) is 6.92 Å². The third kappa shape index (κ3) is 2.81. The number of carbonyl (C=O) groups is 1. The second kappa shape index (κ2) is 5.64.